The molecule has 4 rings (SSSR count). The summed E-state index contributed by atoms with van der Waals surface area (Å²) in [6.07, 6.45) is 0.421. The molecule has 0 saturated carbocycles. The number of hydrogen-bond donors (Lipinski definition) is 2. The van der Waals surface area contributed by atoms with Crippen LogP contribution in [0.3, 0.4) is 0 Å². The molecule has 7 nitrogen and oxygen atoms in total. The van der Waals surface area contributed by atoms with E-state index in [4.69, 9.17) is 4.74 Å². The minimum atomic E-state index is -0.923. The van der Waals surface area contributed by atoms with Gasteiger partial charge in [-0.05, 0) is 30.5 Å². The van der Waals surface area contributed by atoms with E-state index in [0.717, 1.165) is 16.7 Å². The van der Waals surface area contributed by atoms with Crippen LogP contribution in [0.25, 0.3) is 0 Å². The van der Waals surface area contributed by atoms with Crippen LogP contribution in [-0.2, 0) is 6.61 Å². The number of aliphatic hydroxyl groups is 1. The van der Waals surface area contributed by atoms with Gasteiger partial charge in [-0.2, -0.15) is 5.10 Å². The van der Waals surface area contributed by atoms with E-state index in [1.807, 2.05) is 105 Å². The van der Waals surface area contributed by atoms with E-state index in [1.54, 1.807) is 0 Å². The first-order valence-electron chi connectivity index (χ1n) is 12.3. The van der Waals surface area contributed by atoms with Gasteiger partial charge >= 0.3 is 0 Å². The fraction of sp³-hybridized carbons (Fsp3) is 0.233. The largest absolute Gasteiger partial charge is 0.483 e. The Balaban J connectivity index is 1.58. The first-order valence-corrected chi connectivity index (χ1v) is 12.3. The number of aliphatic hydroxyl groups excluding tert-OH is 1. The maximum Gasteiger partial charge on any atom is 0.278 e. The van der Waals surface area contributed by atoms with Gasteiger partial charge < -0.3 is 14.7 Å². The molecule has 0 bridgehead atoms. The minimum absolute atomic E-state index is 0.0119. The van der Waals surface area contributed by atoms with E-state index >= 15 is 0 Å². The Hall–Kier alpha value is -4.23. The van der Waals surface area contributed by atoms with Crippen LogP contribution < -0.4 is 10.2 Å². The third-order valence-electron chi connectivity index (χ3n) is 6.22. The minimum Gasteiger partial charge on any atom is -0.483 e. The van der Waals surface area contributed by atoms with Gasteiger partial charge in [-0.25, -0.2) is 0 Å². The Labute approximate surface area is 216 Å². The van der Waals surface area contributed by atoms with Gasteiger partial charge in [0.15, 0.2) is 11.4 Å². The summed E-state index contributed by atoms with van der Waals surface area (Å²) >= 11 is 0. The van der Waals surface area contributed by atoms with Gasteiger partial charge in [0.25, 0.3) is 11.3 Å². The zero-order valence-corrected chi connectivity index (χ0v) is 21.0. The van der Waals surface area contributed by atoms with E-state index in [0.29, 0.717) is 0 Å². The average molecular weight is 498 g/mol. The van der Waals surface area contributed by atoms with Crippen LogP contribution in [0.4, 0.5) is 0 Å². The number of carbonyl (C=O) groups excluding carboxylic acids is 1. The van der Waals surface area contributed by atoms with E-state index in [1.165, 1.54) is 11.1 Å². The normalized spacial score (nSPS) is 11.9. The Kier molecular flexibility index (Phi) is 8.48. The predicted molar refractivity (Wildman–Crippen MR) is 143 cm³/mol. The number of H-pyrrole nitrogens is 1. The molecular weight excluding hydrogens is 466 g/mol. The van der Waals surface area contributed by atoms with E-state index in [2.05, 4.69) is 10.2 Å². The second-order valence-corrected chi connectivity index (χ2v) is 9.12. The van der Waals surface area contributed by atoms with Crippen molar-refractivity contribution in [1.82, 2.24) is 15.1 Å². The van der Waals surface area contributed by atoms with Crippen molar-refractivity contribution in [3.63, 3.8) is 0 Å². The Morgan fingerprint density at radius 1 is 0.919 bits per heavy atom. The molecule has 0 fully saturated rings. The van der Waals surface area contributed by atoms with Gasteiger partial charge in [0.05, 0.1) is 12.3 Å². The standard InChI is InChI=1S/C30H31N3O4/c1-21(2)33(19-25(34)27(23-14-8-4-9-15-23)24-16-10-5-11-17-24)30(36)28-29(35)26(18-31-32-28)37-20-22-12-6-3-7-13-22/h3-18,21,25,27,34H,19-20H2,1-2H3,(H,31,35)/t25-/m0/s1. The van der Waals surface area contributed by atoms with E-state index < -0.39 is 17.4 Å². The number of aromatic nitrogens is 2. The second-order valence-electron chi connectivity index (χ2n) is 9.12. The van der Waals surface area contributed by atoms with E-state index in [-0.39, 0.29) is 36.6 Å². The molecule has 0 unspecified atom stereocenters. The molecule has 1 aromatic heterocycles. The zero-order valence-electron chi connectivity index (χ0n) is 21.0. The third kappa shape index (κ3) is 6.32. The highest BCUT2D eigenvalue weighted by molar-refractivity contribution is 5.92. The molecule has 0 aliphatic carbocycles. The molecule has 37 heavy (non-hydrogen) atoms. The molecule has 7 heteroatoms. The number of ether oxygens (including phenoxy) is 1. The SMILES string of the molecule is CC(C)N(C[C@H](O)C(c1ccccc1)c1ccccc1)C(=O)c1n[nH]cc(OCc2ccccc2)c1=O. The second kappa shape index (κ2) is 12.1. The lowest BCUT2D eigenvalue weighted by Crippen LogP contribution is -2.45. The van der Waals surface area contributed by atoms with Gasteiger partial charge in [0.2, 0.25) is 0 Å². The molecule has 0 spiro atoms. The number of nitrogens with zero attached hydrogens (tertiary/aromatic N) is 2. The highest BCUT2D eigenvalue weighted by atomic mass is 16.5. The van der Waals surface area contributed by atoms with Crippen LogP contribution in [-0.4, -0.2) is 44.8 Å². The van der Waals surface area contributed by atoms with Gasteiger partial charge in [-0.15, -0.1) is 0 Å². The molecule has 2 N–H and O–H groups in total. The highest BCUT2D eigenvalue weighted by Gasteiger charge is 2.31. The van der Waals surface area contributed by atoms with Crippen molar-refractivity contribution in [2.45, 2.75) is 38.5 Å². The van der Waals surface area contributed by atoms with E-state index in [9.17, 15) is 14.7 Å². The summed E-state index contributed by atoms with van der Waals surface area (Å²) in [5, 5.41) is 18.0. The number of nitrogens with one attached hydrogen (secondary N) is 1. The topological polar surface area (TPSA) is 95.5 Å². The van der Waals surface area contributed by atoms with Gasteiger partial charge in [0.1, 0.15) is 6.61 Å². The summed E-state index contributed by atoms with van der Waals surface area (Å²) in [5.41, 5.74) is 1.89. The predicted octanol–water partition coefficient (Wildman–Crippen LogP) is 4.39. The van der Waals surface area contributed by atoms with Crippen LogP contribution in [0.15, 0.2) is 102 Å². The van der Waals surface area contributed by atoms with Crippen LogP contribution >= 0.6 is 0 Å². The van der Waals surface area contributed by atoms with Crippen molar-refractivity contribution in [3.8, 4) is 5.75 Å². The molecule has 4 aromatic rings. The van der Waals surface area contributed by atoms with Crippen LogP contribution in [0.5, 0.6) is 5.75 Å². The van der Waals surface area contributed by atoms with Crippen LogP contribution in [0, 0.1) is 0 Å². The number of amides is 1. The van der Waals surface area contributed by atoms with Crippen LogP contribution in [0.1, 0.15) is 46.9 Å². The Morgan fingerprint density at radius 2 is 1.46 bits per heavy atom. The van der Waals surface area contributed by atoms with Gasteiger partial charge in [-0.3, -0.25) is 14.7 Å². The summed E-state index contributed by atoms with van der Waals surface area (Å²) < 4.78 is 5.69. The lowest BCUT2D eigenvalue weighted by Gasteiger charge is -2.32. The number of aromatic amines is 1. The third-order valence-corrected chi connectivity index (χ3v) is 6.22. The number of hydrogen-bond acceptors (Lipinski definition) is 5. The van der Waals surface area contributed by atoms with Crippen molar-refractivity contribution >= 4 is 5.91 Å². The number of carbonyl (C=O) groups is 1. The first kappa shape index (κ1) is 25.9. The monoisotopic (exact) mass is 497 g/mol. The van der Waals surface area contributed by atoms with Crippen LogP contribution in [0.2, 0.25) is 0 Å². The summed E-state index contributed by atoms with van der Waals surface area (Å²) in [5.74, 6) is -0.915. The molecule has 0 radical (unpaired) electrons. The average Bonchev–Trinajstić information content (AvgIpc) is 2.92. The van der Waals surface area contributed by atoms with Crippen molar-refractivity contribution in [2.24, 2.45) is 0 Å². The Bertz CT molecular complexity index is 1300. The Morgan fingerprint density at radius 3 is 2.00 bits per heavy atom. The van der Waals surface area contributed by atoms with Crippen molar-refractivity contribution in [1.29, 1.82) is 0 Å². The molecule has 190 valence electrons. The molecular formula is C30H31N3O4. The summed E-state index contributed by atoms with van der Waals surface area (Å²) in [4.78, 5) is 28.1. The zero-order chi connectivity index (χ0) is 26.2. The van der Waals surface area contributed by atoms with Gasteiger partial charge in [0, 0.05) is 18.5 Å². The molecule has 1 amide bonds. The fourth-order valence-electron chi connectivity index (χ4n) is 4.30. The highest BCUT2D eigenvalue weighted by Crippen LogP contribution is 2.29. The van der Waals surface area contributed by atoms with Crippen molar-refractivity contribution in [2.75, 3.05) is 6.54 Å². The first-order chi connectivity index (χ1) is 18.0. The fourth-order valence-corrected chi connectivity index (χ4v) is 4.30. The summed E-state index contributed by atoms with van der Waals surface area (Å²) in [6.45, 7) is 3.88. The van der Waals surface area contributed by atoms with Gasteiger partial charge in [-0.1, -0.05) is 91.0 Å². The lowest BCUT2D eigenvalue weighted by molar-refractivity contribution is 0.0511. The number of benzene rings is 3. The molecule has 0 saturated heterocycles. The maximum absolute atomic E-state index is 13.5. The molecule has 1 heterocycles. The lowest BCUT2D eigenvalue weighted by atomic mass is 9.86. The quantitative estimate of drug-likeness (QED) is 0.339. The van der Waals surface area contributed by atoms with Crippen molar-refractivity contribution in [3.05, 3.63) is 130 Å². The molecule has 0 aliphatic rings. The number of rotatable bonds is 10. The summed E-state index contributed by atoms with van der Waals surface area (Å²) in [6, 6.07) is 28.5. The molecule has 0 aliphatic heterocycles. The molecule has 1 atom stereocenters. The summed E-state index contributed by atoms with van der Waals surface area (Å²) in [7, 11) is 0. The smallest absolute Gasteiger partial charge is 0.278 e. The van der Waals surface area contributed by atoms with Crippen molar-refractivity contribution < 1.29 is 14.6 Å². The molecule has 3 aromatic carbocycles. The maximum atomic E-state index is 13.5.